The number of piperidine rings is 2. The van der Waals surface area contributed by atoms with E-state index in [1.165, 1.54) is 50.7 Å². The molecule has 2 fully saturated rings. The third-order valence-electron chi connectivity index (χ3n) is 10.9. The van der Waals surface area contributed by atoms with E-state index >= 15 is 0 Å². The van der Waals surface area contributed by atoms with Crippen molar-refractivity contribution in [1.29, 1.82) is 0 Å². The number of halogens is 2. The summed E-state index contributed by atoms with van der Waals surface area (Å²) >= 11 is 14.3. The van der Waals surface area contributed by atoms with Crippen molar-refractivity contribution in [3.05, 3.63) is 112 Å². The average molecular weight is 949 g/mol. The van der Waals surface area contributed by atoms with Gasteiger partial charge in [-0.1, -0.05) is 47.5 Å². The van der Waals surface area contributed by atoms with E-state index in [0.29, 0.717) is 27.1 Å². The lowest BCUT2D eigenvalue weighted by atomic mass is 10.0. The van der Waals surface area contributed by atoms with Crippen molar-refractivity contribution in [2.75, 3.05) is 14.1 Å². The molecule has 0 radical (unpaired) electrons. The highest BCUT2D eigenvalue weighted by Crippen LogP contribution is 2.35. The third-order valence-corrected chi connectivity index (χ3v) is 13.7. The average Bonchev–Trinajstić information content (AvgIpc) is 4.02. The number of hydrogen-bond donors (Lipinski definition) is 4. The van der Waals surface area contributed by atoms with Gasteiger partial charge in [0.2, 0.25) is 35.2 Å². The molecule has 2 atom stereocenters. The molecule has 2 aromatic carbocycles. The zero-order chi connectivity index (χ0) is 46.0. The molecule has 0 aliphatic carbocycles. The highest BCUT2D eigenvalue weighted by molar-refractivity contribution is 7.10. The molecule has 2 aromatic heterocycles. The Balaban J connectivity index is 0.000000192. The number of carbonyl (C=O) groups is 10. The lowest BCUT2D eigenvalue weighted by Crippen LogP contribution is -2.52. The Kier molecular flexibility index (Phi) is 13.9. The minimum absolute atomic E-state index is 0.0579. The van der Waals surface area contributed by atoms with Crippen LogP contribution < -0.4 is 21.3 Å². The van der Waals surface area contributed by atoms with Crippen LogP contribution in [-0.2, 0) is 61.5 Å². The fourth-order valence-corrected chi connectivity index (χ4v) is 9.86. The van der Waals surface area contributed by atoms with Crippen LogP contribution in [0.5, 0.6) is 0 Å². The Morgan fingerprint density at radius 3 is 1.56 bits per heavy atom. The summed E-state index contributed by atoms with van der Waals surface area (Å²) in [7, 11) is 3.90. The minimum atomic E-state index is -0.813. The number of Topliss-reactive ketones (excluding diaryl/α,β-unsaturated/α-hetero) is 2. The number of fused-ring (bicyclic) bond motifs is 2. The third kappa shape index (κ3) is 9.83. The normalized spacial score (nSPS) is 18.0. The zero-order valence-corrected chi connectivity index (χ0v) is 37.4. The lowest BCUT2D eigenvalue weighted by molar-refractivity contribution is -0.138. The van der Waals surface area contributed by atoms with Gasteiger partial charge in [-0.2, -0.15) is 0 Å². The number of nitrogens with one attached hydrogen (secondary N) is 4. The number of carbonyl (C=O) groups excluding carboxylic acids is 10. The van der Waals surface area contributed by atoms with Gasteiger partial charge in [-0.05, 0) is 61.8 Å². The summed E-state index contributed by atoms with van der Waals surface area (Å²) < 4.78 is 0. The van der Waals surface area contributed by atoms with Gasteiger partial charge in [-0.3, -0.25) is 58.6 Å². The van der Waals surface area contributed by atoms with Crippen molar-refractivity contribution in [2.24, 2.45) is 0 Å². The molecule has 6 heterocycles. The molecule has 4 aliphatic rings. The smallest absolute Gasteiger partial charge is 0.292 e. The Hall–Kier alpha value is -6.12. The topological polar surface area (TPSA) is 229 Å². The maximum absolute atomic E-state index is 12.8. The number of ketones is 2. The van der Waals surface area contributed by atoms with E-state index in [0.717, 1.165) is 22.5 Å². The zero-order valence-electron chi connectivity index (χ0n) is 34.2. The van der Waals surface area contributed by atoms with Crippen LogP contribution in [0, 0.1) is 0 Å². The van der Waals surface area contributed by atoms with E-state index in [4.69, 9.17) is 23.2 Å². The summed E-state index contributed by atoms with van der Waals surface area (Å²) in [6.45, 7) is 1.34. The molecule has 64 heavy (non-hydrogen) atoms. The van der Waals surface area contributed by atoms with Gasteiger partial charge in [0.15, 0.2) is 0 Å². The monoisotopic (exact) mass is 947 g/mol. The Morgan fingerprint density at radius 2 is 1.12 bits per heavy atom. The van der Waals surface area contributed by atoms with Crippen molar-refractivity contribution in [2.45, 2.75) is 70.5 Å². The van der Waals surface area contributed by atoms with E-state index in [2.05, 4.69) is 21.3 Å². The largest absolute Gasteiger partial charge is 0.344 e. The van der Waals surface area contributed by atoms with E-state index in [-0.39, 0.29) is 91.1 Å². The Bertz CT molecular complexity index is 2640. The lowest BCUT2D eigenvalue weighted by Gasteiger charge is -2.29. The van der Waals surface area contributed by atoms with Gasteiger partial charge < -0.3 is 25.3 Å². The first-order valence-electron chi connectivity index (χ1n) is 19.8. The molecule has 8 amide bonds. The summed E-state index contributed by atoms with van der Waals surface area (Å²) in [5, 5.41) is 13.6. The van der Waals surface area contributed by atoms with Crippen LogP contribution in [0.25, 0.3) is 0 Å². The van der Waals surface area contributed by atoms with Crippen LogP contribution in [0.1, 0.15) is 93.6 Å². The van der Waals surface area contributed by atoms with Gasteiger partial charge in [0, 0.05) is 64.1 Å². The quantitative estimate of drug-likeness (QED) is 0.0915. The molecule has 2 unspecified atom stereocenters. The molecular formula is C43H39Cl2N7O10S2. The maximum Gasteiger partial charge on any atom is 0.292 e. The van der Waals surface area contributed by atoms with Crippen molar-refractivity contribution in [3.63, 3.8) is 0 Å². The molecule has 0 bridgehead atoms. The minimum Gasteiger partial charge on any atom is -0.344 e. The molecule has 0 saturated carbocycles. The van der Waals surface area contributed by atoms with Gasteiger partial charge in [-0.15, -0.1) is 22.7 Å². The first-order valence-corrected chi connectivity index (χ1v) is 22.3. The standard InChI is InChI=1S/C23H24N4O5S.C20H15Cl2N3O5S/c1-26(2)10-13-3-5-14(6-4-13)20(29)22(31)24-9-18-15-11-27(23(32)16(15)12-33-18)17-7-8-19(28)25-21(17)30;21-12-2-1-9(5-13(12)22)17(27)19(29)23-6-15-10-7-25(20(30)11(10)8-31-15)14-3-4-16(26)24-18(14)28/h3-6,12,17H,7-11H2,1-2H3,(H,24,31)(H,25,28,30);1-2,5,8,14H,3-4,6-7H2,(H,23,29)(H,24,26,28). The number of benzene rings is 2. The number of rotatable bonds is 12. The van der Waals surface area contributed by atoms with Crippen LogP contribution >= 0.6 is 45.9 Å². The second-order valence-corrected chi connectivity index (χ2v) is 18.2. The highest BCUT2D eigenvalue weighted by Gasteiger charge is 2.42. The van der Waals surface area contributed by atoms with Crippen molar-refractivity contribution in [1.82, 2.24) is 36.0 Å². The van der Waals surface area contributed by atoms with Crippen LogP contribution in [0.15, 0.2) is 53.2 Å². The fraction of sp³-hybridized carbons (Fsp3) is 0.302. The van der Waals surface area contributed by atoms with Crippen molar-refractivity contribution in [3.8, 4) is 0 Å². The van der Waals surface area contributed by atoms with Gasteiger partial charge in [-0.25, -0.2) is 0 Å². The van der Waals surface area contributed by atoms with Gasteiger partial charge >= 0.3 is 0 Å². The number of thiophene rings is 2. The molecule has 0 spiro atoms. The van der Waals surface area contributed by atoms with Crippen LogP contribution in [0.4, 0.5) is 0 Å². The summed E-state index contributed by atoms with van der Waals surface area (Å²) in [4.78, 5) is 129. The number of hydrogen-bond acceptors (Lipinski definition) is 13. The molecule has 21 heteroatoms. The molecule has 4 aliphatic heterocycles. The van der Waals surface area contributed by atoms with E-state index in [1.807, 2.05) is 31.1 Å². The summed E-state index contributed by atoms with van der Waals surface area (Å²) in [6.07, 6.45) is 0.924. The van der Waals surface area contributed by atoms with E-state index in [9.17, 15) is 47.9 Å². The predicted molar refractivity (Wildman–Crippen MR) is 233 cm³/mol. The second kappa shape index (κ2) is 19.3. The number of imide groups is 2. The first-order chi connectivity index (χ1) is 30.5. The molecular weight excluding hydrogens is 910 g/mol. The van der Waals surface area contributed by atoms with Gasteiger partial charge in [0.05, 0.1) is 34.3 Å². The van der Waals surface area contributed by atoms with Gasteiger partial charge in [0.25, 0.3) is 23.6 Å². The Morgan fingerprint density at radius 1 is 0.672 bits per heavy atom. The summed E-state index contributed by atoms with van der Waals surface area (Å²) in [6, 6.07) is 9.70. The number of nitrogens with zero attached hydrogens (tertiary/aromatic N) is 3. The van der Waals surface area contributed by atoms with Crippen LogP contribution in [-0.4, -0.2) is 99.7 Å². The van der Waals surface area contributed by atoms with Crippen LogP contribution in [0.2, 0.25) is 10.0 Å². The molecule has 17 nitrogen and oxygen atoms in total. The van der Waals surface area contributed by atoms with E-state index < -0.39 is 47.3 Å². The second-order valence-electron chi connectivity index (χ2n) is 15.5. The highest BCUT2D eigenvalue weighted by atomic mass is 35.5. The molecule has 4 aromatic rings. The summed E-state index contributed by atoms with van der Waals surface area (Å²) in [5.41, 5.74) is 3.88. The Labute approximate surface area is 383 Å². The molecule has 4 N–H and O–H groups in total. The SMILES string of the molecule is CN(C)Cc1ccc(C(=O)C(=O)NCc2scc3c2CN(C2CCC(=O)NC2=O)C3=O)cc1.O=C1CCC(N2Cc3c(csc3CNC(=O)C(=O)c3ccc(Cl)c(Cl)c3)C2=O)C(=O)N1. The predicted octanol–water partition coefficient (Wildman–Crippen LogP) is 3.38. The number of amides is 8. The van der Waals surface area contributed by atoms with E-state index in [1.54, 1.807) is 22.9 Å². The molecule has 8 rings (SSSR count). The summed E-state index contributed by atoms with van der Waals surface area (Å²) in [5.74, 6) is -5.10. The van der Waals surface area contributed by atoms with Crippen molar-refractivity contribution >= 4 is 105 Å². The fourth-order valence-electron chi connectivity index (χ4n) is 7.61. The van der Waals surface area contributed by atoms with Crippen molar-refractivity contribution < 1.29 is 47.9 Å². The molecule has 2 saturated heterocycles. The van der Waals surface area contributed by atoms with Gasteiger partial charge in [0.1, 0.15) is 12.1 Å². The van der Waals surface area contributed by atoms with Crippen LogP contribution in [0.3, 0.4) is 0 Å². The first kappa shape index (κ1) is 45.9. The molecule has 332 valence electrons. The maximum atomic E-state index is 12.8.